The van der Waals surface area contributed by atoms with E-state index in [9.17, 15) is 4.79 Å². The van der Waals surface area contributed by atoms with Crippen molar-refractivity contribution in [2.24, 2.45) is 14.1 Å². The van der Waals surface area contributed by atoms with Crippen molar-refractivity contribution < 1.29 is 4.79 Å². The van der Waals surface area contributed by atoms with Gasteiger partial charge in [-0.25, -0.2) is 0 Å². The standard InChI is InChI=1S/C11H14N4O/c1-8-4-10(15(3)13-8)5-11(16)9-6-12-14(2)7-9/h4,6-7H,5H2,1-3H3. The predicted molar refractivity (Wildman–Crippen MR) is 59.2 cm³/mol. The van der Waals surface area contributed by atoms with Gasteiger partial charge >= 0.3 is 0 Å². The maximum atomic E-state index is 11.9. The first-order valence-corrected chi connectivity index (χ1v) is 5.07. The maximum absolute atomic E-state index is 11.9. The zero-order valence-corrected chi connectivity index (χ0v) is 9.64. The Morgan fingerprint density at radius 1 is 1.44 bits per heavy atom. The molecule has 2 heterocycles. The van der Waals surface area contributed by atoms with Gasteiger partial charge in [-0.05, 0) is 13.0 Å². The summed E-state index contributed by atoms with van der Waals surface area (Å²) >= 11 is 0. The minimum absolute atomic E-state index is 0.0658. The van der Waals surface area contributed by atoms with Crippen LogP contribution < -0.4 is 0 Å². The summed E-state index contributed by atoms with van der Waals surface area (Å²) in [5.41, 5.74) is 2.49. The van der Waals surface area contributed by atoms with E-state index in [0.717, 1.165) is 11.4 Å². The van der Waals surface area contributed by atoms with Crippen LogP contribution in [0, 0.1) is 6.92 Å². The molecule has 0 aliphatic rings. The molecule has 0 bridgehead atoms. The lowest BCUT2D eigenvalue weighted by atomic mass is 10.1. The monoisotopic (exact) mass is 218 g/mol. The van der Waals surface area contributed by atoms with E-state index >= 15 is 0 Å². The molecule has 0 aromatic carbocycles. The van der Waals surface area contributed by atoms with Crippen LogP contribution in [0.5, 0.6) is 0 Å². The molecule has 0 unspecified atom stereocenters. The number of aromatic nitrogens is 4. The van der Waals surface area contributed by atoms with Gasteiger partial charge in [0.25, 0.3) is 0 Å². The van der Waals surface area contributed by atoms with Crippen LogP contribution in [-0.4, -0.2) is 25.3 Å². The molecule has 0 saturated heterocycles. The molecule has 0 saturated carbocycles. The van der Waals surface area contributed by atoms with Crippen LogP contribution in [0.15, 0.2) is 18.5 Å². The first-order chi connectivity index (χ1) is 7.56. The molecule has 0 amide bonds. The summed E-state index contributed by atoms with van der Waals surface area (Å²) in [7, 11) is 3.64. The average molecular weight is 218 g/mol. The van der Waals surface area contributed by atoms with Gasteiger partial charge in [-0.15, -0.1) is 0 Å². The molecule has 2 aromatic rings. The molecule has 0 N–H and O–H groups in total. The average Bonchev–Trinajstić information content (AvgIpc) is 2.74. The third kappa shape index (κ3) is 2.03. The highest BCUT2D eigenvalue weighted by Crippen LogP contribution is 2.07. The fraction of sp³-hybridized carbons (Fsp3) is 0.364. The molecule has 2 rings (SSSR count). The van der Waals surface area contributed by atoms with E-state index in [1.807, 2.05) is 20.0 Å². The lowest BCUT2D eigenvalue weighted by Gasteiger charge is -1.98. The lowest BCUT2D eigenvalue weighted by molar-refractivity contribution is 0.0990. The molecule has 0 fully saturated rings. The van der Waals surface area contributed by atoms with Gasteiger partial charge < -0.3 is 0 Å². The quantitative estimate of drug-likeness (QED) is 0.719. The Kier molecular flexibility index (Phi) is 2.60. The van der Waals surface area contributed by atoms with E-state index < -0.39 is 0 Å². The number of hydrogen-bond donors (Lipinski definition) is 0. The fourth-order valence-corrected chi connectivity index (χ4v) is 1.66. The normalized spacial score (nSPS) is 10.7. The zero-order valence-electron chi connectivity index (χ0n) is 9.64. The summed E-state index contributed by atoms with van der Waals surface area (Å²) in [6.45, 7) is 1.91. The van der Waals surface area contributed by atoms with Gasteiger partial charge in [0.05, 0.1) is 23.9 Å². The van der Waals surface area contributed by atoms with Gasteiger partial charge in [-0.2, -0.15) is 10.2 Å². The zero-order chi connectivity index (χ0) is 11.7. The molecule has 2 aromatic heterocycles. The van der Waals surface area contributed by atoms with Gasteiger partial charge in [0, 0.05) is 26.0 Å². The highest BCUT2D eigenvalue weighted by molar-refractivity contribution is 5.96. The number of Topliss-reactive ketones (excluding diaryl/α,β-unsaturated/α-hetero) is 1. The number of hydrogen-bond acceptors (Lipinski definition) is 3. The number of carbonyl (C=O) groups is 1. The summed E-state index contributed by atoms with van der Waals surface area (Å²) in [4.78, 5) is 11.9. The number of carbonyl (C=O) groups excluding carboxylic acids is 1. The minimum atomic E-state index is 0.0658. The van der Waals surface area contributed by atoms with Gasteiger partial charge in [0.15, 0.2) is 5.78 Å². The topological polar surface area (TPSA) is 52.7 Å². The Balaban J connectivity index is 2.16. The van der Waals surface area contributed by atoms with E-state index in [2.05, 4.69) is 10.2 Å². The Bertz CT molecular complexity index is 524. The van der Waals surface area contributed by atoms with Crippen LogP contribution in [0.2, 0.25) is 0 Å². The Hall–Kier alpha value is -1.91. The van der Waals surface area contributed by atoms with Gasteiger partial charge in [0.1, 0.15) is 0 Å². The van der Waals surface area contributed by atoms with E-state index in [4.69, 9.17) is 0 Å². The van der Waals surface area contributed by atoms with Crippen molar-refractivity contribution in [3.8, 4) is 0 Å². The molecule has 84 valence electrons. The van der Waals surface area contributed by atoms with Gasteiger partial charge in [-0.3, -0.25) is 14.2 Å². The molecule has 0 radical (unpaired) electrons. The summed E-state index contributed by atoms with van der Waals surface area (Å²) < 4.78 is 3.37. The third-order valence-electron chi connectivity index (χ3n) is 2.47. The van der Waals surface area contributed by atoms with Crippen molar-refractivity contribution >= 4 is 5.78 Å². The highest BCUT2D eigenvalue weighted by atomic mass is 16.1. The largest absolute Gasteiger partial charge is 0.294 e. The summed E-state index contributed by atoms with van der Waals surface area (Å²) in [6, 6.07) is 1.92. The molecular formula is C11H14N4O. The van der Waals surface area contributed by atoms with E-state index in [0.29, 0.717) is 12.0 Å². The Morgan fingerprint density at radius 2 is 2.19 bits per heavy atom. The van der Waals surface area contributed by atoms with Crippen LogP contribution in [0.1, 0.15) is 21.7 Å². The maximum Gasteiger partial charge on any atom is 0.171 e. The number of rotatable bonds is 3. The van der Waals surface area contributed by atoms with Crippen molar-refractivity contribution in [3.05, 3.63) is 35.4 Å². The van der Waals surface area contributed by atoms with Crippen molar-refractivity contribution in [2.75, 3.05) is 0 Å². The lowest BCUT2D eigenvalue weighted by Crippen LogP contribution is -2.07. The van der Waals surface area contributed by atoms with Crippen LogP contribution in [0.4, 0.5) is 0 Å². The molecule has 0 aliphatic heterocycles. The molecule has 0 aliphatic carbocycles. The third-order valence-corrected chi connectivity index (χ3v) is 2.47. The van der Waals surface area contributed by atoms with E-state index in [1.54, 1.807) is 28.8 Å². The van der Waals surface area contributed by atoms with Crippen LogP contribution in [0.3, 0.4) is 0 Å². The summed E-state index contributed by atoms with van der Waals surface area (Å²) in [5.74, 6) is 0.0658. The SMILES string of the molecule is Cc1cc(CC(=O)c2cnn(C)c2)n(C)n1. The smallest absolute Gasteiger partial charge is 0.171 e. The summed E-state index contributed by atoms with van der Waals surface area (Å²) in [6.07, 6.45) is 3.68. The van der Waals surface area contributed by atoms with Crippen molar-refractivity contribution in [3.63, 3.8) is 0 Å². The Labute approximate surface area is 93.7 Å². The van der Waals surface area contributed by atoms with Crippen LogP contribution in [0.25, 0.3) is 0 Å². The van der Waals surface area contributed by atoms with Crippen molar-refractivity contribution in [1.82, 2.24) is 19.6 Å². The fourth-order valence-electron chi connectivity index (χ4n) is 1.66. The number of nitrogens with zero attached hydrogens (tertiary/aromatic N) is 4. The molecule has 16 heavy (non-hydrogen) atoms. The second kappa shape index (κ2) is 3.92. The Morgan fingerprint density at radius 3 is 2.69 bits per heavy atom. The van der Waals surface area contributed by atoms with Gasteiger partial charge in [-0.1, -0.05) is 0 Å². The second-order valence-corrected chi connectivity index (χ2v) is 3.90. The second-order valence-electron chi connectivity index (χ2n) is 3.90. The predicted octanol–water partition coefficient (Wildman–Crippen LogP) is 0.887. The highest BCUT2D eigenvalue weighted by Gasteiger charge is 2.11. The van der Waals surface area contributed by atoms with Crippen LogP contribution in [-0.2, 0) is 20.5 Å². The number of aryl methyl sites for hydroxylation is 3. The van der Waals surface area contributed by atoms with Gasteiger partial charge in [0.2, 0.25) is 0 Å². The summed E-state index contributed by atoms with van der Waals surface area (Å²) in [5, 5.41) is 8.19. The van der Waals surface area contributed by atoms with E-state index in [1.165, 1.54) is 0 Å². The van der Waals surface area contributed by atoms with E-state index in [-0.39, 0.29) is 5.78 Å². The molecule has 5 heteroatoms. The number of ketones is 1. The van der Waals surface area contributed by atoms with Crippen LogP contribution >= 0.6 is 0 Å². The molecule has 5 nitrogen and oxygen atoms in total. The molecule has 0 atom stereocenters. The first kappa shape index (κ1) is 10.6. The van der Waals surface area contributed by atoms with Crippen molar-refractivity contribution in [2.45, 2.75) is 13.3 Å². The minimum Gasteiger partial charge on any atom is -0.294 e. The molecule has 0 spiro atoms. The molecular weight excluding hydrogens is 204 g/mol. The van der Waals surface area contributed by atoms with Crippen molar-refractivity contribution in [1.29, 1.82) is 0 Å². The first-order valence-electron chi connectivity index (χ1n) is 5.07.